The van der Waals surface area contributed by atoms with Crippen LogP contribution in [0.5, 0.6) is 5.75 Å². The van der Waals surface area contributed by atoms with Gasteiger partial charge in [0.15, 0.2) is 0 Å². The molecule has 0 bridgehead atoms. The lowest BCUT2D eigenvalue weighted by Gasteiger charge is -2.31. The molecule has 0 saturated carbocycles. The van der Waals surface area contributed by atoms with E-state index in [1.807, 2.05) is 6.92 Å². The fourth-order valence-corrected chi connectivity index (χ4v) is 4.11. The Labute approximate surface area is 153 Å². The Kier molecular flexibility index (Phi) is 5.77. The summed E-state index contributed by atoms with van der Waals surface area (Å²) in [7, 11) is -2.00. The number of anilines is 1. The number of rotatable bonds is 7. The monoisotopic (exact) mass is 380 g/mol. The first kappa shape index (κ1) is 18.7. The molecule has 2 aromatic rings. The van der Waals surface area contributed by atoms with E-state index in [1.54, 1.807) is 31.4 Å². The van der Waals surface area contributed by atoms with Crippen LogP contribution < -0.4 is 14.4 Å². The predicted molar refractivity (Wildman–Crippen MR) is 96.8 cm³/mol. The van der Waals surface area contributed by atoms with E-state index in [9.17, 15) is 8.42 Å². The molecule has 1 saturated heterocycles. The van der Waals surface area contributed by atoms with Crippen LogP contribution in [0, 0.1) is 5.92 Å². The van der Waals surface area contributed by atoms with Crippen LogP contribution in [0.4, 0.5) is 5.95 Å². The highest BCUT2D eigenvalue weighted by atomic mass is 32.2. The second kappa shape index (κ2) is 8.05. The summed E-state index contributed by atoms with van der Waals surface area (Å²) in [5, 5.41) is 4.01. The van der Waals surface area contributed by atoms with Gasteiger partial charge in [-0.2, -0.15) is 4.98 Å². The number of piperidine rings is 1. The fraction of sp³-hybridized carbons (Fsp3) is 0.529. The molecule has 3 rings (SSSR count). The third-order valence-electron chi connectivity index (χ3n) is 4.49. The lowest BCUT2D eigenvalue weighted by molar-refractivity contribution is 0.372. The van der Waals surface area contributed by atoms with Gasteiger partial charge < -0.3 is 14.2 Å². The van der Waals surface area contributed by atoms with Crippen LogP contribution in [0.15, 0.2) is 33.7 Å². The summed E-state index contributed by atoms with van der Waals surface area (Å²) in [6.45, 7) is 3.89. The largest absolute Gasteiger partial charge is 0.497 e. The molecule has 1 aliphatic heterocycles. The van der Waals surface area contributed by atoms with Gasteiger partial charge in [-0.25, -0.2) is 13.1 Å². The van der Waals surface area contributed by atoms with Crippen molar-refractivity contribution in [3.05, 3.63) is 30.2 Å². The minimum atomic E-state index is -3.54. The molecule has 9 heteroatoms. The van der Waals surface area contributed by atoms with Gasteiger partial charge in [0.05, 0.1) is 12.0 Å². The smallest absolute Gasteiger partial charge is 0.266 e. The van der Waals surface area contributed by atoms with Gasteiger partial charge in [0, 0.05) is 26.1 Å². The molecule has 8 nitrogen and oxygen atoms in total. The zero-order valence-corrected chi connectivity index (χ0v) is 15.8. The predicted octanol–water partition coefficient (Wildman–Crippen LogP) is 1.84. The summed E-state index contributed by atoms with van der Waals surface area (Å²) in [6, 6.07) is 6.36. The number of hydrogen-bond donors (Lipinski definition) is 1. The summed E-state index contributed by atoms with van der Waals surface area (Å²) in [4.78, 5) is 6.64. The average Bonchev–Trinajstić information content (AvgIpc) is 3.16. The van der Waals surface area contributed by atoms with Crippen molar-refractivity contribution in [3.8, 4) is 5.75 Å². The van der Waals surface area contributed by atoms with Crippen molar-refractivity contribution in [1.82, 2.24) is 14.9 Å². The second-order valence-corrected chi connectivity index (χ2v) is 8.09. The Morgan fingerprint density at radius 3 is 2.77 bits per heavy atom. The van der Waals surface area contributed by atoms with Crippen LogP contribution in [0.2, 0.25) is 0 Å². The van der Waals surface area contributed by atoms with Crippen molar-refractivity contribution in [2.45, 2.75) is 31.1 Å². The molecule has 1 N–H and O–H groups in total. The standard InChI is InChI=1S/C17H24N4O4S/c1-3-16-19-17(20-25-16)21-10-4-5-13(12-21)11-18-26(22,23)15-8-6-14(24-2)7-9-15/h6-9,13,18H,3-5,10-12H2,1-2H3/t13-/m0/s1. The molecule has 1 aliphatic rings. The summed E-state index contributed by atoms with van der Waals surface area (Å²) in [6.07, 6.45) is 2.62. The molecule has 0 unspecified atom stereocenters. The van der Waals surface area contributed by atoms with Crippen LogP contribution >= 0.6 is 0 Å². The molecule has 1 aromatic heterocycles. The van der Waals surface area contributed by atoms with Crippen molar-refractivity contribution < 1.29 is 17.7 Å². The number of benzene rings is 1. The van der Waals surface area contributed by atoms with E-state index in [-0.39, 0.29) is 10.8 Å². The first-order valence-corrected chi connectivity index (χ1v) is 10.2. The van der Waals surface area contributed by atoms with Crippen LogP contribution in [0.3, 0.4) is 0 Å². The zero-order chi connectivity index (χ0) is 18.6. The quantitative estimate of drug-likeness (QED) is 0.782. The molecule has 26 heavy (non-hydrogen) atoms. The minimum Gasteiger partial charge on any atom is -0.497 e. The van der Waals surface area contributed by atoms with Gasteiger partial charge >= 0.3 is 0 Å². The van der Waals surface area contributed by atoms with Crippen molar-refractivity contribution in [2.75, 3.05) is 31.6 Å². The normalized spacial score (nSPS) is 18.1. The van der Waals surface area contributed by atoms with Crippen molar-refractivity contribution in [2.24, 2.45) is 5.92 Å². The molecule has 0 spiro atoms. The molecular weight excluding hydrogens is 356 g/mol. The summed E-state index contributed by atoms with van der Waals surface area (Å²) < 4.78 is 37.9. The van der Waals surface area contributed by atoms with Gasteiger partial charge in [-0.1, -0.05) is 6.92 Å². The molecule has 2 heterocycles. The van der Waals surface area contributed by atoms with Gasteiger partial charge in [0.2, 0.25) is 15.9 Å². The molecule has 1 fully saturated rings. The van der Waals surface area contributed by atoms with E-state index in [0.29, 0.717) is 37.1 Å². The molecule has 0 aliphatic carbocycles. The maximum Gasteiger partial charge on any atom is 0.266 e. The first-order chi connectivity index (χ1) is 12.5. The van der Waals surface area contributed by atoms with E-state index >= 15 is 0 Å². The zero-order valence-electron chi connectivity index (χ0n) is 15.0. The molecule has 142 valence electrons. The summed E-state index contributed by atoms with van der Waals surface area (Å²) >= 11 is 0. The van der Waals surface area contributed by atoms with Gasteiger partial charge in [-0.3, -0.25) is 0 Å². The number of nitrogens with zero attached hydrogens (tertiary/aromatic N) is 3. The van der Waals surface area contributed by atoms with E-state index in [2.05, 4.69) is 19.8 Å². The highest BCUT2D eigenvalue weighted by molar-refractivity contribution is 7.89. The number of nitrogens with one attached hydrogen (secondary N) is 1. The van der Waals surface area contributed by atoms with Crippen LogP contribution in [-0.2, 0) is 16.4 Å². The number of sulfonamides is 1. The second-order valence-electron chi connectivity index (χ2n) is 6.32. The first-order valence-electron chi connectivity index (χ1n) is 8.73. The molecular formula is C17H24N4O4S. The van der Waals surface area contributed by atoms with E-state index in [0.717, 1.165) is 19.4 Å². The maximum atomic E-state index is 12.5. The van der Waals surface area contributed by atoms with Crippen molar-refractivity contribution in [3.63, 3.8) is 0 Å². The molecule has 1 atom stereocenters. The van der Waals surface area contributed by atoms with Gasteiger partial charge in [-0.15, -0.1) is 0 Å². The SMILES string of the molecule is CCc1nc(N2CCC[C@@H](CNS(=O)(=O)c3ccc(OC)cc3)C2)no1. The molecule has 1 aromatic carbocycles. The topological polar surface area (TPSA) is 97.6 Å². The molecule has 0 amide bonds. The number of methoxy groups -OCH3 is 1. The van der Waals surface area contributed by atoms with E-state index in [1.165, 1.54) is 0 Å². The molecule has 0 radical (unpaired) electrons. The van der Waals surface area contributed by atoms with Crippen LogP contribution in [0.1, 0.15) is 25.7 Å². The number of ether oxygens (including phenoxy) is 1. The number of aromatic nitrogens is 2. The average molecular weight is 380 g/mol. The lowest BCUT2D eigenvalue weighted by atomic mass is 9.99. The Morgan fingerprint density at radius 2 is 2.12 bits per heavy atom. The highest BCUT2D eigenvalue weighted by Crippen LogP contribution is 2.21. The summed E-state index contributed by atoms with van der Waals surface area (Å²) in [5.41, 5.74) is 0. The van der Waals surface area contributed by atoms with Gasteiger partial charge in [-0.05, 0) is 48.2 Å². The maximum absolute atomic E-state index is 12.5. The Morgan fingerprint density at radius 1 is 1.35 bits per heavy atom. The third-order valence-corrected chi connectivity index (χ3v) is 5.93. The van der Waals surface area contributed by atoms with Crippen molar-refractivity contribution in [1.29, 1.82) is 0 Å². The van der Waals surface area contributed by atoms with Crippen LogP contribution in [-0.4, -0.2) is 45.3 Å². The van der Waals surface area contributed by atoms with Crippen LogP contribution in [0.25, 0.3) is 0 Å². The summed E-state index contributed by atoms with van der Waals surface area (Å²) in [5.74, 6) is 2.02. The lowest BCUT2D eigenvalue weighted by Crippen LogP contribution is -2.41. The van der Waals surface area contributed by atoms with E-state index < -0.39 is 10.0 Å². The Bertz CT molecular complexity index is 820. The Hall–Kier alpha value is -2.13. The fourth-order valence-electron chi connectivity index (χ4n) is 3.00. The van der Waals surface area contributed by atoms with Crippen molar-refractivity contribution >= 4 is 16.0 Å². The Balaban J connectivity index is 1.59. The van der Waals surface area contributed by atoms with Gasteiger partial charge in [0.25, 0.3) is 5.95 Å². The van der Waals surface area contributed by atoms with Gasteiger partial charge in [0.1, 0.15) is 5.75 Å². The van der Waals surface area contributed by atoms with E-state index in [4.69, 9.17) is 9.26 Å². The minimum absolute atomic E-state index is 0.195. The third kappa shape index (κ3) is 4.34. The number of aryl methyl sites for hydroxylation is 1. The highest BCUT2D eigenvalue weighted by Gasteiger charge is 2.25. The number of hydrogen-bond acceptors (Lipinski definition) is 7.